The molecule has 3 rings (SSSR count). The quantitative estimate of drug-likeness (QED) is 0.499. The van der Waals surface area contributed by atoms with Gasteiger partial charge in [-0.1, -0.05) is 18.2 Å². The Bertz CT molecular complexity index is 1220. The van der Waals surface area contributed by atoms with Crippen LogP contribution >= 0.6 is 0 Å². The molecular weight excluding hydrogens is 432 g/mol. The van der Waals surface area contributed by atoms with Crippen LogP contribution in [0.5, 0.6) is 5.75 Å². The second kappa shape index (κ2) is 9.97. The predicted octanol–water partition coefficient (Wildman–Crippen LogP) is 3.93. The van der Waals surface area contributed by atoms with Crippen LogP contribution in [0.1, 0.15) is 27.6 Å². The number of ether oxygens (including phenoxy) is 2. The van der Waals surface area contributed by atoms with E-state index in [1.165, 1.54) is 25.3 Å². The summed E-state index contributed by atoms with van der Waals surface area (Å²) < 4.78 is 38.0. The van der Waals surface area contributed by atoms with Crippen LogP contribution in [0.15, 0.2) is 77.7 Å². The van der Waals surface area contributed by atoms with Crippen molar-refractivity contribution < 1.29 is 27.5 Å². The molecule has 166 valence electrons. The first kappa shape index (κ1) is 22.8. The molecule has 9 heteroatoms. The molecule has 0 atom stereocenters. The third-order valence-electron chi connectivity index (χ3n) is 4.39. The van der Waals surface area contributed by atoms with Crippen LogP contribution < -0.4 is 14.8 Å². The van der Waals surface area contributed by atoms with E-state index in [2.05, 4.69) is 10.0 Å². The maximum atomic E-state index is 12.8. The molecule has 0 aromatic heterocycles. The van der Waals surface area contributed by atoms with Gasteiger partial charge in [0.25, 0.3) is 15.9 Å². The predicted molar refractivity (Wildman–Crippen MR) is 121 cm³/mol. The van der Waals surface area contributed by atoms with Crippen molar-refractivity contribution in [2.75, 3.05) is 23.8 Å². The van der Waals surface area contributed by atoms with Gasteiger partial charge in [-0.3, -0.25) is 9.52 Å². The first-order chi connectivity index (χ1) is 15.3. The van der Waals surface area contributed by atoms with E-state index in [-0.39, 0.29) is 28.5 Å². The summed E-state index contributed by atoms with van der Waals surface area (Å²) in [4.78, 5) is 24.3. The minimum absolute atomic E-state index is 0.0148. The number of carbonyl (C=O) groups is 2. The topological polar surface area (TPSA) is 111 Å². The largest absolute Gasteiger partial charge is 0.495 e. The van der Waals surface area contributed by atoms with Crippen LogP contribution in [0.4, 0.5) is 11.4 Å². The van der Waals surface area contributed by atoms with Gasteiger partial charge in [-0.05, 0) is 61.5 Å². The molecule has 3 aromatic carbocycles. The molecule has 1 amide bonds. The third-order valence-corrected chi connectivity index (χ3v) is 5.81. The zero-order valence-electron chi connectivity index (χ0n) is 17.5. The van der Waals surface area contributed by atoms with Gasteiger partial charge in [0.15, 0.2) is 0 Å². The lowest BCUT2D eigenvalue weighted by Crippen LogP contribution is -2.16. The first-order valence-electron chi connectivity index (χ1n) is 9.68. The van der Waals surface area contributed by atoms with E-state index in [0.29, 0.717) is 11.3 Å². The lowest BCUT2D eigenvalue weighted by molar-refractivity contribution is 0.0526. The van der Waals surface area contributed by atoms with Crippen molar-refractivity contribution >= 4 is 33.3 Å². The highest BCUT2D eigenvalue weighted by Gasteiger charge is 2.19. The molecular formula is C23H22N2O6S. The number of methoxy groups -OCH3 is 1. The second-order valence-electron chi connectivity index (χ2n) is 6.59. The van der Waals surface area contributed by atoms with E-state index in [0.717, 1.165) is 0 Å². The van der Waals surface area contributed by atoms with Crippen LogP contribution in [0.25, 0.3) is 0 Å². The Morgan fingerprint density at radius 2 is 1.59 bits per heavy atom. The lowest BCUT2D eigenvalue weighted by Gasteiger charge is -2.12. The maximum absolute atomic E-state index is 12.8. The molecule has 8 nitrogen and oxygen atoms in total. The Morgan fingerprint density at radius 3 is 2.28 bits per heavy atom. The van der Waals surface area contributed by atoms with E-state index in [1.54, 1.807) is 61.5 Å². The second-order valence-corrected chi connectivity index (χ2v) is 8.24. The minimum Gasteiger partial charge on any atom is -0.495 e. The van der Waals surface area contributed by atoms with E-state index in [1.807, 2.05) is 0 Å². The molecule has 0 spiro atoms. The van der Waals surface area contributed by atoms with Crippen molar-refractivity contribution in [2.24, 2.45) is 0 Å². The van der Waals surface area contributed by atoms with Gasteiger partial charge in [-0.15, -0.1) is 0 Å². The minimum atomic E-state index is -3.93. The van der Waals surface area contributed by atoms with Gasteiger partial charge in [-0.2, -0.15) is 0 Å². The molecule has 0 fully saturated rings. The maximum Gasteiger partial charge on any atom is 0.338 e. The highest BCUT2D eigenvalue weighted by atomic mass is 32.2. The average Bonchev–Trinajstić information content (AvgIpc) is 2.79. The normalized spacial score (nSPS) is 10.8. The summed E-state index contributed by atoms with van der Waals surface area (Å²) in [5.74, 6) is -0.673. The van der Waals surface area contributed by atoms with Crippen molar-refractivity contribution in [3.05, 3.63) is 83.9 Å². The fourth-order valence-electron chi connectivity index (χ4n) is 2.88. The van der Waals surface area contributed by atoms with E-state index in [9.17, 15) is 18.0 Å². The molecule has 0 bridgehead atoms. The van der Waals surface area contributed by atoms with Gasteiger partial charge in [0.05, 0.1) is 19.3 Å². The summed E-state index contributed by atoms with van der Waals surface area (Å²) in [6.07, 6.45) is 0. The van der Waals surface area contributed by atoms with E-state index < -0.39 is 21.9 Å². The molecule has 0 aliphatic heterocycles. The van der Waals surface area contributed by atoms with Crippen LogP contribution in [0, 0.1) is 0 Å². The Morgan fingerprint density at radius 1 is 0.875 bits per heavy atom. The van der Waals surface area contributed by atoms with Crippen LogP contribution in [-0.2, 0) is 14.8 Å². The summed E-state index contributed by atoms with van der Waals surface area (Å²) in [5.41, 5.74) is 1.32. The summed E-state index contributed by atoms with van der Waals surface area (Å²) in [6.45, 7) is 1.99. The highest BCUT2D eigenvalue weighted by Crippen LogP contribution is 2.25. The van der Waals surface area contributed by atoms with Gasteiger partial charge < -0.3 is 14.8 Å². The molecule has 0 saturated carbocycles. The molecule has 0 heterocycles. The van der Waals surface area contributed by atoms with Gasteiger partial charge in [0, 0.05) is 16.9 Å². The van der Waals surface area contributed by atoms with Crippen molar-refractivity contribution in [3.8, 4) is 5.75 Å². The number of rotatable bonds is 8. The van der Waals surface area contributed by atoms with Gasteiger partial charge in [0.1, 0.15) is 10.6 Å². The van der Waals surface area contributed by atoms with E-state index in [4.69, 9.17) is 9.47 Å². The smallest absolute Gasteiger partial charge is 0.338 e. The molecule has 0 aliphatic rings. The number of amides is 1. The number of anilines is 2. The first-order valence-corrected chi connectivity index (χ1v) is 11.2. The van der Waals surface area contributed by atoms with Crippen molar-refractivity contribution in [2.45, 2.75) is 11.8 Å². The molecule has 0 saturated heterocycles. The Labute approximate surface area is 186 Å². The highest BCUT2D eigenvalue weighted by molar-refractivity contribution is 7.92. The summed E-state index contributed by atoms with van der Waals surface area (Å²) in [7, 11) is -2.54. The lowest BCUT2D eigenvalue weighted by atomic mass is 10.1. The number of carbonyl (C=O) groups excluding carboxylic acids is 2. The van der Waals surface area contributed by atoms with E-state index >= 15 is 0 Å². The fourth-order valence-corrected chi connectivity index (χ4v) is 4.10. The molecule has 32 heavy (non-hydrogen) atoms. The summed E-state index contributed by atoms with van der Waals surface area (Å²) in [6, 6.07) is 18.6. The number of nitrogens with one attached hydrogen (secondary N) is 2. The van der Waals surface area contributed by atoms with Crippen LogP contribution in [0.3, 0.4) is 0 Å². The van der Waals surface area contributed by atoms with Gasteiger partial charge >= 0.3 is 5.97 Å². The number of benzene rings is 3. The third kappa shape index (κ3) is 5.44. The van der Waals surface area contributed by atoms with Gasteiger partial charge in [-0.25, -0.2) is 13.2 Å². The zero-order chi connectivity index (χ0) is 23.1. The van der Waals surface area contributed by atoms with Crippen molar-refractivity contribution in [3.63, 3.8) is 0 Å². The SMILES string of the molecule is CCOC(=O)c1ccc(NC(=O)c2cccc(NS(=O)(=O)c3ccccc3OC)c2)cc1. The standard InChI is InChI=1S/C23H22N2O6S/c1-3-31-23(27)16-11-13-18(14-12-16)24-22(26)17-7-6-8-19(15-17)25-32(28,29)21-10-5-4-9-20(21)30-2/h4-15,25H,3H2,1-2H3,(H,24,26). The fraction of sp³-hybridized carbons (Fsp3) is 0.130. The molecule has 0 aliphatic carbocycles. The summed E-state index contributed by atoms with van der Waals surface area (Å²) in [5, 5.41) is 2.71. The molecule has 2 N–H and O–H groups in total. The Kier molecular flexibility index (Phi) is 7.11. The van der Waals surface area contributed by atoms with Crippen LogP contribution in [-0.4, -0.2) is 34.0 Å². The van der Waals surface area contributed by atoms with Crippen molar-refractivity contribution in [1.82, 2.24) is 0 Å². The van der Waals surface area contributed by atoms with Gasteiger partial charge in [0.2, 0.25) is 0 Å². The zero-order valence-corrected chi connectivity index (χ0v) is 18.3. The average molecular weight is 455 g/mol. The molecule has 0 radical (unpaired) electrons. The Balaban J connectivity index is 1.74. The van der Waals surface area contributed by atoms with Crippen molar-refractivity contribution in [1.29, 1.82) is 0 Å². The molecule has 3 aromatic rings. The number of sulfonamides is 1. The number of hydrogen-bond acceptors (Lipinski definition) is 6. The van der Waals surface area contributed by atoms with Crippen LogP contribution in [0.2, 0.25) is 0 Å². The summed E-state index contributed by atoms with van der Waals surface area (Å²) >= 11 is 0. The number of para-hydroxylation sites is 1. The monoisotopic (exact) mass is 454 g/mol. The number of hydrogen-bond donors (Lipinski definition) is 2. The number of esters is 1. The molecule has 0 unspecified atom stereocenters. The Hall–Kier alpha value is -3.85.